The van der Waals surface area contributed by atoms with Gasteiger partial charge in [-0.15, -0.1) is 10.2 Å². The highest BCUT2D eigenvalue weighted by Crippen LogP contribution is 2.23. The zero-order valence-electron chi connectivity index (χ0n) is 9.72. The molecule has 3 aromatic rings. The molecule has 2 aromatic heterocycles. The lowest BCUT2D eigenvalue weighted by molar-refractivity contribution is 0.425. The smallest absolute Gasteiger partial charge is 0.459 e. The molecule has 2 heterocycles. The van der Waals surface area contributed by atoms with E-state index in [4.69, 9.17) is 8.83 Å². The molecule has 7 heteroatoms. The molecule has 0 saturated heterocycles. The third-order valence-electron chi connectivity index (χ3n) is 2.63. The van der Waals surface area contributed by atoms with E-state index < -0.39 is 7.12 Å². The summed E-state index contributed by atoms with van der Waals surface area (Å²) in [6, 6.07) is 10.1. The van der Waals surface area contributed by atoms with Gasteiger partial charge in [0.05, 0.1) is 6.26 Å². The van der Waals surface area contributed by atoms with E-state index in [1.807, 2.05) is 0 Å². The summed E-state index contributed by atoms with van der Waals surface area (Å²) < 4.78 is 10.6. The van der Waals surface area contributed by atoms with E-state index in [1.54, 1.807) is 36.4 Å². The minimum absolute atomic E-state index is 0.204. The molecule has 0 aliphatic heterocycles. The second-order valence-corrected chi connectivity index (χ2v) is 3.85. The summed E-state index contributed by atoms with van der Waals surface area (Å²) in [5, 5.41) is 26.4. The van der Waals surface area contributed by atoms with Crippen molar-refractivity contribution in [1.82, 2.24) is 10.2 Å². The highest BCUT2D eigenvalue weighted by molar-refractivity contribution is 6.60. The van der Waals surface area contributed by atoms with Crippen LogP contribution in [0.1, 0.15) is 0 Å². The quantitative estimate of drug-likeness (QED) is 0.669. The average Bonchev–Trinajstić information content (AvgIpc) is 3.09. The molecule has 0 fully saturated rings. The van der Waals surface area contributed by atoms with Gasteiger partial charge in [0.15, 0.2) is 5.76 Å². The van der Waals surface area contributed by atoms with Crippen LogP contribution in [0.3, 0.4) is 0 Å². The molecule has 0 spiro atoms. The van der Waals surface area contributed by atoms with Crippen LogP contribution in [0.4, 0.5) is 0 Å². The number of benzene rings is 1. The predicted octanol–water partition coefficient (Wildman–Crippen LogP) is 0.676. The Hall–Kier alpha value is -2.38. The van der Waals surface area contributed by atoms with Gasteiger partial charge in [-0.25, -0.2) is 0 Å². The summed E-state index contributed by atoms with van der Waals surface area (Å²) in [6.07, 6.45) is 1.50. The van der Waals surface area contributed by atoms with E-state index in [0.29, 0.717) is 16.8 Å². The van der Waals surface area contributed by atoms with Crippen molar-refractivity contribution in [3.05, 3.63) is 42.7 Å². The van der Waals surface area contributed by atoms with E-state index >= 15 is 0 Å². The topological polar surface area (TPSA) is 92.5 Å². The zero-order valence-corrected chi connectivity index (χ0v) is 9.72. The molecule has 0 aliphatic carbocycles. The molecule has 0 bridgehead atoms. The first kappa shape index (κ1) is 11.7. The van der Waals surface area contributed by atoms with Gasteiger partial charge in [0.25, 0.3) is 5.89 Å². The van der Waals surface area contributed by atoms with Crippen LogP contribution in [0.5, 0.6) is 0 Å². The Morgan fingerprint density at radius 1 is 0.947 bits per heavy atom. The van der Waals surface area contributed by atoms with Gasteiger partial charge in [-0.05, 0) is 23.7 Å². The minimum atomic E-state index is -1.60. The Morgan fingerprint density at radius 2 is 1.74 bits per heavy atom. The van der Waals surface area contributed by atoms with Gasteiger partial charge in [0, 0.05) is 5.56 Å². The Bertz CT molecular complexity index is 679. The molecule has 0 atom stereocenters. The molecular weight excluding hydrogens is 247 g/mol. The summed E-state index contributed by atoms with van der Waals surface area (Å²) in [7, 11) is -1.60. The van der Waals surface area contributed by atoms with E-state index in [0.717, 1.165) is 0 Å². The van der Waals surface area contributed by atoms with Gasteiger partial charge >= 0.3 is 7.12 Å². The summed E-state index contributed by atoms with van der Waals surface area (Å²) in [4.78, 5) is 0. The Kier molecular flexibility index (Phi) is 2.90. The van der Waals surface area contributed by atoms with Gasteiger partial charge < -0.3 is 18.9 Å². The van der Waals surface area contributed by atoms with E-state index in [9.17, 15) is 10.0 Å². The number of hydrogen-bond donors (Lipinski definition) is 2. The first-order valence-corrected chi connectivity index (χ1v) is 5.58. The fourth-order valence-electron chi connectivity index (χ4n) is 1.75. The summed E-state index contributed by atoms with van der Waals surface area (Å²) >= 11 is 0. The molecule has 0 aliphatic rings. The van der Waals surface area contributed by atoms with Crippen molar-refractivity contribution in [2.45, 2.75) is 0 Å². The number of aromatic nitrogens is 2. The number of rotatable bonds is 3. The Balaban J connectivity index is 2.04. The van der Waals surface area contributed by atoms with Gasteiger partial charge in [0.2, 0.25) is 5.89 Å². The molecule has 2 N–H and O–H groups in total. The highest BCUT2D eigenvalue weighted by atomic mass is 16.4. The largest absolute Gasteiger partial charge is 0.489 e. The lowest BCUT2D eigenvalue weighted by Crippen LogP contribution is -2.31. The van der Waals surface area contributed by atoms with Gasteiger partial charge in [-0.2, -0.15) is 0 Å². The lowest BCUT2D eigenvalue weighted by Gasteiger charge is -2.03. The van der Waals surface area contributed by atoms with Crippen molar-refractivity contribution in [2.75, 3.05) is 0 Å². The maximum Gasteiger partial charge on any atom is 0.489 e. The van der Waals surface area contributed by atoms with Gasteiger partial charge in [-0.3, -0.25) is 0 Å². The van der Waals surface area contributed by atoms with Crippen molar-refractivity contribution >= 4 is 12.6 Å². The van der Waals surface area contributed by atoms with E-state index in [2.05, 4.69) is 10.2 Å². The van der Waals surface area contributed by atoms with Crippen molar-refractivity contribution < 1.29 is 18.9 Å². The van der Waals surface area contributed by atoms with Crippen LogP contribution in [0, 0.1) is 0 Å². The van der Waals surface area contributed by atoms with Crippen molar-refractivity contribution in [3.8, 4) is 23.1 Å². The van der Waals surface area contributed by atoms with Crippen molar-refractivity contribution in [3.63, 3.8) is 0 Å². The van der Waals surface area contributed by atoms with Crippen LogP contribution in [0.15, 0.2) is 51.5 Å². The SMILES string of the molecule is OB(O)c1ccccc1-c1nnc(-c2ccco2)o1. The van der Waals surface area contributed by atoms with Crippen LogP contribution in [-0.4, -0.2) is 27.4 Å². The molecule has 0 saturated carbocycles. The predicted molar refractivity (Wildman–Crippen MR) is 67.3 cm³/mol. The standard InChI is InChI=1S/C12H9BN2O4/c16-13(17)9-5-2-1-4-8(9)11-14-15-12(19-11)10-6-3-7-18-10/h1-7,16-17H. The normalized spacial score (nSPS) is 10.6. The Labute approximate surface area is 108 Å². The number of hydrogen-bond acceptors (Lipinski definition) is 6. The third-order valence-corrected chi connectivity index (χ3v) is 2.63. The first-order valence-electron chi connectivity index (χ1n) is 5.58. The Morgan fingerprint density at radius 3 is 2.47 bits per heavy atom. The van der Waals surface area contributed by atoms with Gasteiger partial charge in [0.1, 0.15) is 0 Å². The monoisotopic (exact) mass is 256 g/mol. The molecular formula is C12H9BN2O4. The lowest BCUT2D eigenvalue weighted by atomic mass is 9.77. The van der Waals surface area contributed by atoms with Crippen LogP contribution >= 0.6 is 0 Å². The third kappa shape index (κ3) is 2.16. The average molecular weight is 256 g/mol. The molecule has 3 rings (SSSR count). The zero-order chi connectivity index (χ0) is 13.2. The molecule has 0 radical (unpaired) electrons. The van der Waals surface area contributed by atoms with E-state index in [-0.39, 0.29) is 11.8 Å². The summed E-state index contributed by atoms with van der Waals surface area (Å²) in [5.41, 5.74) is 0.778. The van der Waals surface area contributed by atoms with E-state index in [1.165, 1.54) is 6.26 Å². The van der Waals surface area contributed by atoms with Crippen LogP contribution in [-0.2, 0) is 0 Å². The number of furan rings is 1. The number of nitrogens with zero attached hydrogens (tertiary/aromatic N) is 2. The fourth-order valence-corrected chi connectivity index (χ4v) is 1.75. The van der Waals surface area contributed by atoms with Gasteiger partial charge in [-0.1, -0.05) is 18.2 Å². The van der Waals surface area contributed by atoms with Crippen LogP contribution < -0.4 is 5.46 Å². The summed E-state index contributed by atoms with van der Waals surface area (Å²) in [6.45, 7) is 0. The van der Waals surface area contributed by atoms with Crippen molar-refractivity contribution in [1.29, 1.82) is 0 Å². The molecule has 94 valence electrons. The van der Waals surface area contributed by atoms with Crippen LogP contribution in [0.25, 0.3) is 23.1 Å². The maximum absolute atomic E-state index is 9.30. The molecule has 6 nitrogen and oxygen atoms in total. The first-order chi connectivity index (χ1) is 9.25. The minimum Gasteiger partial charge on any atom is -0.459 e. The highest BCUT2D eigenvalue weighted by Gasteiger charge is 2.20. The fraction of sp³-hybridized carbons (Fsp3) is 0. The second kappa shape index (κ2) is 4.71. The molecule has 19 heavy (non-hydrogen) atoms. The second-order valence-electron chi connectivity index (χ2n) is 3.85. The maximum atomic E-state index is 9.30. The molecule has 0 unspecified atom stereocenters. The molecule has 1 aromatic carbocycles. The van der Waals surface area contributed by atoms with Crippen molar-refractivity contribution in [2.24, 2.45) is 0 Å². The van der Waals surface area contributed by atoms with Crippen LogP contribution in [0.2, 0.25) is 0 Å². The molecule has 0 amide bonds. The summed E-state index contributed by atoms with van der Waals surface area (Å²) in [5.74, 6) is 0.901.